The monoisotopic (exact) mass is 229 g/mol. The summed E-state index contributed by atoms with van der Waals surface area (Å²) in [6.07, 6.45) is 3.50. The van der Waals surface area contributed by atoms with E-state index in [4.69, 9.17) is 0 Å². The first-order valence-corrected chi connectivity index (χ1v) is 5.46. The van der Waals surface area contributed by atoms with Crippen LogP contribution in [0, 0.1) is 5.82 Å². The first-order chi connectivity index (χ1) is 8.24. The Kier molecular flexibility index (Phi) is 3.28. The summed E-state index contributed by atoms with van der Waals surface area (Å²) in [6, 6.07) is 8.32. The van der Waals surface area contributed by atoms with Gasteiger partial charge in [-0.2, -0.15) is 0 Å². The molecule has 0 aliphatic heterocycles. The second-order valence-electron chi connectivity index (χ2n) is 3.68. The Labute approximate surface area is 99.1 Å². The molecule has 0 saturated heterocycles. The topological polar surface area (TPSA) is 30.0 Å². The van der Waals surface area contributed by atoms with Crippen molar-refractivity contribution in [2.75, 3.05) is 0 Å². The molecule has 0 amide bonds. The van der Waals surface area contributed by atoms with E-state index in [0.29, 0.717) is 12.0 Å². The van der Waals surface area contributed by atoms with Gasteiger partial charge in [0.25, 0.3) is 0 Å². The minimum Gasteiger partial charge on any atom is -0.294 e. The van der Waals surface area contributed by atoms with E-state index in [1.165, 1.54) is 6.07 Å². The first kappa shape index (κ1) is 11.5. The van der Waals surface area contributed by atoms with Crippen molar-refractivity contribution in [2.45, 2.75) is 13.3 Å². The third-order valence-corrected chi connectivity index (χ3v) is 2.61. The fourth-order valence-corrected chi connectivity index (χ4v) is 1.69. The highest BCUT2D eigenvalue weighted by atomic mass is 19.1. The Morgan fingerprint density at radius 1 is 1.24 bits per heavy atom. The molecule has 0 bridgehead atoms. The zero-order valence-electron chi connectivity index (χ0n) is 9.48. The average Bonchev–Trinajstić information content (AvgIpc) is 2.39. The van der Waals surface area contributed by atoms with Crippen LogP contribution in [0.25, 0.3) is 11.1 Å². The van der Waals surface area contributed by atoms with E-state index in [2.05, 4.69) is 4.98 Å². The number of carbonyl (C=O) groups excluding carboxylic acids is 1. The van der Waals surface area contributed by atoms with Crippen molar-refractivity contribution < 1.29 is 9.18 Å². The molecule has 86 valence electrons. The third kappa shape index (κ3) is 2.23. The molecule has 0 spiro atoms. The lowest BCUT2D eigenvalue weighted by Gasteiger charge is -2.06. The summed E-state index contributed by atoms with van der Waals surface area (Å²) in [4.78, 5) is 15.5. The van der Waals surface area contributed by atoms with Gasteiger partial charge in [-0.05, 0) is 23.8 Å². The second kappa shape index (κ2) is 4.87. The van der Waals surface area contributed by atoms with Gasteiger partial charge >= 0.3 is 0 Å². The van der Waals surface area contributed by atoms with E-state index in [9.17, 15) is 9.18 Å². The van der Waals surface area contributed by atoms with Gasteiger partial charge in [-0.1, -0.05) is 19.1 Å². The molecular weight excluding hydrogens is 217 g/mol. The number of halogens is 1. The summed E-state index contributed by atoms with van der Waals surface area (Å²) in [6.45, 7) is 1.72. The summed E-state index contributed by atoms with van der Waals surface area (Å²) in [5.74, 6) is -0.635. The van der Waals surface area contributed by atoms with Crippen LogP contribution in [0.3, 0.4) is 0 Å². The van der Waals surface area contributed by atoms with Crippen LogP contribution in [-0.2, 0) is 0 Å². The highest BCUT2D eigenvalue weighted by Crippen LogP contribution is 2.24. The van der Waals surface area contributed by atoms with Crippen LogP contribution in [-0.4, -0.2) is 10.8 Å². The molecule has 2 rings (SSSR count). The van der Waals surface area contributed by atoms with Crippen LogP contribution in [0.15, 0.2) is 42.7 Å². The molecule has 0 radical (unpaired) electrons. The quantitative estimate of drug-likeness (QED) is 0.754. The number of rotatable bonds is 3. The Bertz CT molecular complexity index is 537. The Balaban J connectivity index is 2.54. The van der Waals surface area contributed by atoms with Gasteiger partial charge in [-0.15, -0.1) is 0 Å². The molecule has 2 nitrogen and oxygen atoms in total. The van der Waals surface area contributed by atoms with Gasteiger partial charge in [-0.3, -0.25) is 9.78 Å². The zero-order valence-corrected chi connectivity index (χ0v) is 9.48. The van der Waals surface area contributed by atoms with Crippen LogP contribution in [0.5, 0.6) is 0 Å². The van der Waals surface area contributed by atoms with Gasteiger partial charge in [0.2, 0.25) is 0 Å². The normalized spacial score (nSPS) is 10.2. The van der Waals surface area contributed by atoms with Crippen molar-refractivity contribution in [1.82, 2.24) is 4.98 Å². The van der Waals surface area contributed by atoms with Crippen molar-refractivity contribution in [3.05, 3.63) is 54.1 Å². The summed E-state index contributed by atoms with van der Waals surface area (Å²) >= 11 is 0. The van der Waals surface area contributed by atoms with Crippen molar-refractivity contribution >= 4 is 5.78 Å². The molecule has 1 aromatic heterocycles. The van der Waals surface area contributed by atoms with Crippen LogP contribution in [0.4, 0.5) is 4.39 Å². The van der Waals surface area contributed by atoms with E-state index in [1.807, 2.05) is 0 Å². The number of benzene rings is 1. The van der Waals surface area contributed by atoms with Crippen LogP contribution in [0.2, 0.25) is 0 Å². The fourth-order valence-electron chi connectivity index (χ4n) is 1.69. The molecule has 1 heterocycles. The van der Waals surface area contributed by atoms with Crippen molar-refractivity contribution in [1.29, 1.82) is 0 Å². The maximum absolute atomic E-state index is 14.2. The van der Waals surface area contributed by atoms with Crippen LogP contribution in [0.1, 0.15) is 23.7 Å². The summed E-state index contributed by atoms with van der Waals surface area (Å²) < 4.78 is 14.2. The summed E-state index contributed by atoms with van der Waals surface area (Å²) in [5, 5.41) is 0. The van der Waals surface area contributed by atoms with E-state index in [1.54, 1.807) is 43.6 Å². The van der Waals surface area contributed by atoms with E-state index >= 15 is 0 Å². The molecule has 0 fully saturated rings. The van der Waals surface area contributed by atoms with Crippen molar-refractivity contribution in [3.8, 4) is 11.1 Å². The number of nitrogens with zero attached hydrogens (tertiary/aromatic N) is 1. The maximum Gasteiger partial charge on any atom is 0.165 e. The molecular formula is C14H12FNO. The predicted octanol–water partition coefficient (Wildman–Crippen LogP) is 3.48. The van der Waals surface area contributed by atoms with Gasteiger partial charge in [0.05, 0.1) is 5.56 Å². The van der Waals surface area contributed by atoms with E-state index < -0.39 is 5.82 Å². The standard InChI is InChI=1S/C14H12FNO/c1-2-13(17)12-5-3-4-11(14(12)15)10-6-8-16-9-7-10/h3-9H,2H2,1H3. The van der Waals surface area contributed by atoms with Gasteiger partial charge in [0.15, 0.2) is 5.78 Å². The molecule has 0 N–H and O–H groups in total. The largest absolute Gasteiger partial charge is 0.294 e. The lowest BCUT2D eigenvalue weighted by atomic mass is 10.0. The van der Waals surface area contributed by atoms with Gasteiger partial charge in [-0.25, -0.2) is 4.39 Å². The lowest BCUT2D eigenvalue weighted by molar-refractivity contribution is 0.0984. The average molecular weight is 229 g/mol. The van der Waals surface area contributed by atoms with E-state index in [0.717, 1.165) is 5.56 Å². The Morgan fingerprint density at radius 2 is 1.94 bits per heavy atom. The zero-order chi connectivity index (χ0) is 12.3. The molecule has 1 aromatic carbocycles. The highest BCUT2D eigenvalue weighted by molar-refractivity contribution is 5.97. The van der Waals surface area contributed by atoms with Crippen molar-refractivity contribution in [3.63, 3.8) is 0 Å². The van der Waals surface area contributed by atoms with Crippen LogP contribution >= 0.6 is 0 Å². The number of Topliss-reactive ketones (excluding diaryl/α,β-unsaturated/α-hetero) is 1. The SMILES string of the molecule is CCC(=O)c1cccc(-c2ccncc2)c1F. The highest BCUT2D eigenvalue weighted by Gasteiger charge is 2.14. The van der Waals surface area contributed by atoms with Gasteiger partial charge in [0, 0.05) is 24.4 Å². The van der Waals surface area contributed by atoms with Gasteiger partial charge in [0.1, 0.15) is 5.82 Å². The molecule has 3 heteroatoms. The number of hydrogen-bond donors (Lipinski definition) is 0. The second-order valence-corrected chi connectivity index (χ2v) is 3.68. The fraction of sp³-hybridized carbons (Fsp3) is 0.143. The minimum atomic E-state index is -0.453. The predicted molar refractivity (Wildman–Crippen MR) is 64.3 cm³/mol. The third-order valence-electron chi connectivity index (χ3n) is 2.61. The first-order valence-electron chi connectivity index (χ1n) is 5.46. The molecule has 17 heavy (non-hydrogen) atoms. The lowest BCUT2D eigenvalue weighted by Crippen LogP contribution is -2.01. The summed E-state index contributed by atoms with van der Waals surface area (Å²) in [5.41, 5.74) is 1.32. The molecule has 2 aromatic rings. The van der Waals surface area contributed by atoms with E-state index in [-0.39, 0.29) is 11.3 Å². The number of carbonyl (C=O) groups is 1. The minimum absolute atomic E-state index is 0.154. The molecule has 0 unspecified atom stereocenters. The maximum atomic E-state index is 14.2. The molecule has 0 aliphatic carbocycles. The van der Waals surface area contributed by atoms with Crippen LogP contribution < -0.4 is 0 Å². The number of hydrogen-bond acceptors (Lipinski definition) is 2. The molecule has 0 atom stereocenters. The number of pyridine rings is 1. The Morgan fingerprint density at radius 3 is 2.59 bits per heavy atom. The number of aromatic nitrogens is 1. The molecule has 0 saturated carbocycles. The molecule has 0 aliphatic rings. The number of ketones is 1. The smallest absolute Gasteiger partial charge is 0.165 e. The Hall–Kier alpha value is -2.03. The van der Waals surface area contributed by atoms with Gasteiger partial charge < -0.3 is 0 Å². The summed E-state index contributed by atoms with van der Waals surface area (Å²) in [7, 11) is 0. The van der Waals surface area contributed by atoms with Crippen molar-refractivity contribution in [2.24, 2.45) is 0 Å².